The van der Waals surface area contributed by atoms with E-state index in [1.807, 2.05) is 13.8 Å². The lowest BCUT2D eigenvalue weighted by Gasteiger charge is -2.26. The van der Waals surface area contributed by atoms with Crippen LogP contribution in [0.25, 0.3) is 0 Å². The SMILES string of the molecule is COC(C)(C)CNC(=O)N1CCC(C)(C(=O)O)C1. The first-order chi connectivity index (χ1) is 8.20. The number of hydrogen-bond acceptors (Lipinski definition) is 3. The third-order valence-electron chi connectivity index (χ3n) is 3.49. The average molecular weight is 258 g/mol. The van der Waals surface area contributed by atoms with Gasteiger partial charge in [-0.2, -0.15) is 0 Å². The lowest BCUT2D eigenvalue weighted by Crippen LogP contribution is -2.46. The molecule has 1 fully saturated rings. The van der Waals surface area contributed by atoms with Crippen LogP contribution in [0.3, 0.4) is 0 Å². The van der Waals surface area contributed by atoms with Crippen LogP contribution in [-0.4, -0.2) is 54.4 Å². The van der Waals surface area contributed by atoms with Gasteiger partial charge in [-0.15, -0.1) is 0 Å². The second-order valence-corrected chi connectivity index (χ2v) is 5.66. The molecule has 1 heterocycles. The van der Waals surface area contributed by atoms with Gasteiger partial charge in [-0.3, -0.25) is 4.79 Å². The van der Waals surface area contributed by atoms with Crippen LogP contribution in [0.4, 0.5) is 4.79 Å². The van der Waals surface area contributed by atoms with Crippen molar-refractivity contribution in [3.05, 3.63) is 0 Å². The number of ether oxygens (including phenoxy) is 1. The molecule has 0 aliphatic carbocycles. The molecular weight excluding hydrogens is 236 g/mol. The van der Waals surface area contributed by atoms with Gasteiger partial charge in [0.2, 0.25) is 0 Å². The highest BCUT2D eigenvalue weighted by Gasteiger charge is 2.42. The number of likely N-dealkylation sites (tertiary alicyclic amines) is 1. The van der Waals surface area contributed by atoms with E-state index in [-0.39, 0.29) is 12.6 Å². The molecule has 18 heavy (non-hydrogen) atoms. The normalized spacial score (nSPS) is 24.1. The molecule has 0 radical (unpaired) electrons. The highest BCUT2D eigenvalue weighted by molar-refractivity contribution is 5.79. The first-order valence-corrected chi connectivity index (χ1v) is 6.01. The second kappa shape index (κ2) is 5.14. The zero-order valence-corrected chi connectivity index (χ0v) is 11.4. The van der Waals surface area contributed by atoms with Crippen molar-refractivity contribution < 1.29 is 19.4 Å². The molecule has 2 amide bonds. The molecule has 1 unspecified atom stereocenters. The Balaban J connectivity index is 2.49. The minimum Gasteiger partial charge on any atom is -0.481 e. The Morgan fingerprint density at radius 2 is 2.11 bits per heavy atom. The van der Waals surface area contributed by atoms with Gasteiger partial charge in [0.25, 0.3) is 0 Å². The zero-order chi connectivity index (χ0) is 14.0. The van der Waals surface area contributed by atoms with Crippen LogP contribution in [0.15, 0.2) is 0 Å². The smallest absolute Gasteiger partial charge is 0.317 e. The van der Waals surface area contributed by atoms with Crippen molar-refractivity contribution in [3.63, 3.8) is 0 Å². The van der Waals surface area contributed by atoms with E-state index in [0.717, 1.165) is 0 Å². The Morgan fingerprint density at radius 1 is 1.50 bits per heavy atom. The predicted molar refractivity (Wildman–Crippen MR) is 66.4 cm³/mol. The van der Waals surface area contributed by atoms with Gasteiger partial charge >= 0.3 is 12.0 Å². The molecule has 0 aromatic heterocycles. The number of amides is 2. The molecule has 6 nitrogen and oxygen atoms in total. The summed E-state index contributed by atoms with van der Waals surface area (Å²) in [5.74, 6) is -0.852. The average Bonchev–Trinajstić information content (AvgIpc) is 2.70. The summed E-state index contributed by atoms with van der Waals surface area (Å²) in [4.78, 5) is 24.5. The zero-order valence-electron chi connectivity index (χ0n) is 11.4. The van der Waals surface area contributed by atoms with Crippen molar-refractivity contribution in [3.8, 4) is 0 Å². The number of aliphatic carboxylic acids is 1. The Bertz CT molecular complexity index is 343. The van der Waals surface area contributed by atoms with Crippen molar-refractivity contribution >= 4 is 12.0 Å². The van der Waals surface area contributed by atoms with E-state index in [2.05, 4.69) is 5.32 Å². The summed E-state index contributed by atoms with van der Waals surface area (Å²) in [6, 6.07) is -0.231. The Morgan fingerprint density at radius 3 is 2.56 bits per heavy atom. The van der Waals surface area contributed by atoms with E-state index in [9.17, 15) is 9.59 Å². The highest BCUT2D eigenvalue weighted by Crippen LogP contribution is 2.29. The van der Waals surface area contributed by atoms with Gasteiger partial charge in [0.1, 0.15) is 0 Å². The Hall–Kier alpha value is -1.30. The first-order valence-electron chi connectivity index (χ1n) is 6.01. The van der Waals surface area contributed by atoms with Crippen LogP contribution in [-0.2, 0) is 9.53 Å². The molecule has 0 bridgehead atoms. The fourth-order valence-electron chi connectivity index (χ4n) is 1.78. The molecule has 1 aliphatic rings. The maximum absolute atomic E-state index is 11.9. The molecule has 1 aliphatic heterocycles. The molecule has 0 spiro atoms. The van der Waals surface area contributed by atoms with Crippen LogP contribution < -0.4 is 5.32 Å². The molecule has 2 N–H and O–H groups in total. The van der Waals surface area contributed by atoms with E-state index in [1.165, 1.54) is 0 Å². The van der Waals surface area contributed by atoms with Gasteiger partial charge in [-0.05, 0) is 27.2 Å². The van der Waals surface area contributed by atoms with Crippen molar-refractivity contribution in [1.29, 1.82) is 0 Å². The van der Waals surface area contributed by atoms with Crippen LogP contribution in [0, 0.1) is 5.41 Å². The van der Waals surface area contributed by atoms with Crippen LogP contribution >= 0.6 is 0 Å². The van der Waals surface area contributed by atoms with E-state index >= 15 is 0 Å². The topological polar surface area (TPSA) is 78.9 Å². The maximum atomic E-state index is 11.9. The van der Waals surface area contributed by atoms with Crippen molar-refractivity contribution in [1.82, 2.24) is 10.2 Å². The molecular formula is C12H22N2O4. The number of carboxylic acid groups (broad SMARTS) is 1. The molecule has 1 rings (SSSR count). The quantitative estimate of drug-likeness (QED) is 0.786. The fourth-order valence-corrected chi connectivity index (χ4v) is 1.78. The summed E-state index contributed by atoms with van der Waals surface area (Å²) in [6.07, 6.45) is 0.490. The van der Waals surface area contributed by atoms with Crippen LogP contribution in [0.1, 0.15) is 27.2 Å². The molecule has 6 heteroatoms. The molecule has 104 valence electrons. The standard InChI is InChI=1S/C12H22N2O4/c1-11(2,18-4)7-13-10(17)14-6-5-12(3,8-14)9(15)16/h5-8H2,1-4H3,(H,13,17)(H,15,16). The summed E-state index contributed by atoms with van der Waals surface area (Å²) >= 11 is 0. The third kappa shape index (κ3) is 3.35. The largest absolute Gasteiger partial charge is 0.481 e. The van der Waals surface area contributed by atoms with E-state index in [4.69, 9.17) is 9.84 Å². The molecule has 0 aromatic rings. The number of urea groups is 1. The van der Waals surface area contributed by atoms with Crippen LogP contribution in [0.5, 0.6) is 0 Å². The lowest BCUT2D eigenvalue weighted by atomic mass is 9.90. The number of carboxylic acids is 1. The highest BCUT2D eigenvalue weighted by atomic mass is 16.5. The monoisotopic (exact) mass is 258 g/mol. The summed E-state index contributed by atoms with van der Waals surface area (Å²) in [5.41, 5.74) is -1.25. The van der Waals surface area contributed by atoms with E-state index in [0.29, 0.717) is 19.5 Å². The van der Waals surface area contributed by atoms with Gasteiger partial charge in [-0.25, -0.2) is 4.79 Å². The lowest BCUT2D eigenvalue weighted by molar-refractivity contribution is -0.147. The van der Waals surface area contributed by atoms with Crippen molar-refractivity contribution in [2.24, 2.45) is 5.41 Å². The predicted octanol–water partition coefficient (Wildman–Crippen LogP) is 0.918. The maximum Gasteiger partial charge on any atom is 0.317 e. The van der Waals surface area contributed by atoms with Gasteiger partial charge in [0, 0.05) is 26.7 Å². The molecule has 1 atom stereocenters. The van der Waals surface area contributed by atoms with E-state index in [1.54, 1.807) is 18.9 Å². The second-order valence-electron chi connectivity index (χ2n) is 5.66. The van der Waals surface area contributed by atoms with Gasteiger partial charge in [-0.1, -0.05) is 0 Å². The summed E-state index contributed by atoms with van der Waals surface area (Å²) in [6.45, 7) is 6.53. The molecule has 1 saturated heterocycles. The summed E-state index contributed by atoms with van der Waals surface area (Å²) < 4.78 is 5.20. The minimum atomic E-state index is -0.852. The van der Waals surface area contributed by atoms with Gasteiger partial charge < -0.3 is 20.1 Å². The Labute approximate surface area is 107 Å². The number of hydrogen-bond donors (Lipinski definition) is 2. The number of methoxy groups -OCH3 is 1. The Kier molecular flexibility index (Phi) is 4.21. The van der Waals surface area contributed by atoms with Crippen molar-refractivity contribution in [2.45, 2.75) is 32.8 Å². The first kappa shape index (κ1) is 14.8. The number of nitrogens with zero attached hydrogens (tertiary/aromatic N) is 1. The van der Waals surface area contributed by atoms with Gasteiger partial charge in [0.15, 0.2) is 0 Å². The summed E-state index contributed by atoms with van der Waals surface area (Å²) in [5, 5.41) is 11.9. The van der Waals surface area contributed by atoms with Crippen LogP contribution in [0.2, 0.25) is 0 Å². The van der Waals surface area contributed by atoms with E-state index < -0.39 is 17.0 Å². The third-order valence-corrected chi connectivity index (χ3v) is 3.49. The number of rotatable bonds is 4. The number of carbonyl (C=O) groups excluding carboxylic acids is 1. The van der Waals surface area contributed by atoms with Crippen molar-refractivity contribution in [2.75, 3.05) is 26.7 Å². The molecule has 0 saturated carbocycles. The number of carbonyl (C=O) groups is 2. The number of nitrogens with one attached hydrogen (secondary N) is 1. The minimum absolute atomic E-state index is 0.231. The fraction of sp³-hybridized carbons (Fsp3) is 0.833. The van der Waals surface area contributed by atoms with Gasteiger partial charge in [0.05, 0.1) is 11.0 Å². The molecule has 0 aromatic carbocycles. The summed E-state index contributed by atoms with van der Waals surface area (Å²) in [7, 11) is 1.59.